The van der Waals surface area contributed by atoms with Gasteiger partial charge in [0.1, 0.15) is 15.6 Å². The standard InChI is InChI=1S/C11H17N3OS/c1-11(5-2-6-15-11)10-14-13-9(16-10)7-12-8-3-4-8/h8,12H,2-7H2,1H3. The molecule has 0 aromatic carbocycles. The van der Waals surface area contributed by atoms with E-state index in [1.807, 2.05) is 0 Å². The average molecular weight is 239 g/mol. The maximum Gasteiger partial charge on any atom is 0.149 e. The molecule has 88 valence electrons. The fourth-order valence-electron chi connectivity index (χ4n) is 2.01. The maximum absolute atomic E-state index is 5.77. The first-order valence-corrected chi connectivity index (χ1v) is 6.78. The van der Waals surface area contributed by atoms with E-state index in [1.54, 1.807) is 11.3 Å². The monoisotopic (exact) mass is 239 g/mol. The van der Waals surface area contributed by atoms with E-state index >= 15 is 0 Å². The molecule has 1 aliphatic heterocycles. The molecular weight excluding hydrogens is 222 g/mol. The van der Waals surface area contributed by atoms with Gasteiger partial charge in [-0.15, -0.1) is 10.2 Å². The zero-order valence-corrected chi connectivity index (χ0v) is 10.3. The molecule has 1 aliphatic carbocycles. The van der Waals surface area contributed by atoms with Crippen LogP contribution < -0.4 is 5.32 Å². The minimum atomic E-state index is -0.171. The molecule has 1 saturated heterocycles. The summed E-state index contributed by atoms with van der Waals surface area (Å²) in [5, 5.41) is 14.1. The molecule has 5 heteroatoms. The van der Waals surface area contributed by atoms with Crippen molar-refractivity contribution in [2.75, 3.05) is 6.61 Å². The number of aromatic nitrogens is 2. The van der Waals surface area contributed by atoms with Gasteiger partial charge >= 0.3 is 0 Å². The topological polar surface area (TPSA) is 47.0 Å². The minimum absolute atomic E-state index is 0.171. The van der Waals surface area contributed by atoms with E-state index in [0.29, 0.717) is 0 Å². The summed E-state index contributed by atoms with van der Waals surface area (Å²) >= 11 is 1.69. The van der Waals surface area contributed by atoms with Crippen LogP contribution in [0.1, 0.15) is 42.6 Å². The fraction of sp³-hybridized carbons (Fsp3) is 0.818. The van der Waals surface area contributed by atoms with Crippen LogP contribution in [-0.4, -0.2) is 22.8 Å². The highest BCUT2D eigenvalue weighted by molar-refractivity contribution is 7.11. The Kier molecular flexibility index (Phi) is 2.69. The SMILES string of the molecule is CC1(c2nnc(CNC3CC3)s2)CCCO1. The summed E-state index contributed by atoms with van der Waals surface area (Å²) < 4.78 is 5.77. The second-order valence-electron chi connectivity index (χ2n) is 4.84. The van der Waals surface area contributed by atoms with Gasteiger partial charge in [0.15, 0.2) is 0 Å². The fourth-order valence-corrected chi connectivity index (χ4v) is 2.92. The lowest BCUT2D eigenvalue weighted by molar-refractivity contribution is 0.0161. The molecule has 0 bridgehead atoms. The van der Waals surface area contributed by atoms with Gasteiger partial charge in [0.25, 0.3) is 0 Å². The Balaban J connectivity index is 1.66. The van der Waals surface area contributed by atoms with Gasteiger partial charge in [0.05, 0.1) is 0 Å². The van der Waals surface area contributed by atoms with Crippen molar-refractivity contribution in [3.8, 4) is 0 Å². The maximum atomic E-state index is 5.77. The lowest BCUT2D eigenvalue weighted by atomic mass is 10.0. The Morgan fingerprint density at radius 2 is 2.38 bits per heavy atom. The summed E-state index contributed by atoms with van der Waals surface area (Å²) in [6, 6.07) is 0.727. The van der Waals surface area contributed by atoms with Crippen LogP contribution in [0.2, 0.25) is 0 Å². The van der Waals surface area contributed by atoms with Gasteiger partial charge in [0.2, 0.25) is 0 Å². The Morgan fingerprint density at radius 1 is 1.50 bits per heavy atom. The quantitative estimate of drug-likeness (QED) is 0.870. The van der Waals surface area contributed by atoms with E-state index in [-0.39, 0.29) is 5.60 Å². The molecule has 2 aliphatic rings. The number of nitrogens with one attached hydrogen (secondary N) is 1. The van der Waals surface area contributed by atoms with Crippen LogP contribution in [-0.2, 0) is 16.9 Å². The van der Waals surface area contributed by atoms with Crippen molar-refractivity contribution in [1.29, 1.82) is 0 Å². The van der Waals surface area contributed by atoms with Crippen molar-refractivity contribution in [3.63, 3.8) is 0 Å². The van der Waals surface area contributed by atoms with E-state index in [4.69, 9.17) is 4.74 Å². The predicted molar refractivity (Wildman–Crippen MR) is 62.3 cm³/mol. The lowest BCUT2D eigenvalue weighted by Crippen LogP contribution is -2.19. The summed E-state index contributed by atoms with van der Waals surface area (Å²) in [6.07, 6.45) is 4.82. The highest BCUT2D eigenvalue weighted by Gasteiger charge is 2.35. The van der Waals surface area contributed by atoms with Crippen LogP contribution in [0.5, 0.6) is 0 Å². The van der Waals surface area contributed by atoms with Gasteiger partial charge in [-0.05, 0) is 32.6 Å². The zero-order valence-electron chi connectivity index (χ0n) is 9.53. The second kappa shape index (κ2) is 4.05. The van der Waals surface area contributed by atoms with Crippen LogP contribution in [0.4, 0.5) is 0 Å². The van der Waals surface area contributed by atoms with Crippen molar-refractivity contribution < 1.29 is 4.74 Å². The largest absolute Gasteiger partial charge is 0.368 e. The minimum Gasteiger partial charge on any atom is -0.368 e. The molecule has 1 saturated carbocycles. The number of rotatable bonds is 4. The second-order valence-corrected chi connectivity index (χ2v) is 5.90. The summed E-state index contributed by atoms with van der Waals surface area (Å²) in [5.41, 5.74) is -0.171. The van der Waals surface area contributed by atoms with Crippen molar-refractivity contribution in [3.05, 3.63) is 10.0 Å². The predicted octanol–water partition coefficient (Wildman–Crippen LogP) is 1.82. The molecule has 1 unspecified atom stereocenters. The van der Waals surface area contributed by atoms with Gasteiger partial charge in [-0.3, -0.25) is 0 Å². The van der Waals surface area contributed by atoms with E-state index < -0.39 is 0 Å². The molecular formula is C11H17N3OS. The molecule has 1 N–H and O–H groups in total. The Hall–Kier alpha value is -0.520. The molecule has 1 aromatic heterocycles. The first kappa shape index (κ1) is 10.6. The summed E-state index contributed by atoms with van der Waals surface area (Å²) in [6.45, 7) is 3.84. The number of hydrogen-bond donors (Lipinski definition) is 1. The number of ether oxygens (including phenoxy) is 1. The van der Waals surface area contributed by atoms with Crippen molar-refractivity contribution >= 4 is 11.3 Å². The normalized spacial score (nSPS) is 29.8. The van der Waals surface area contributed by atoms with Crippen molar-refractivity contribution in [2.45, 2.75) is 50.8 Å². The highest BCUT2D eigenvalue weighted by atomic mass is 32.1. The van der Waals surface area contributed by atoms with E-state index in [2.05, 4.69) is 22.4 Å². The average Bonchev–Trinajstić information content (AvgIpc) is 2.79. The van der Waals surface area contributed by atoms with Crippen LogP contribution in [0, 0.1) is 0 Å². The lowest BCUT2D eigenvalue weighted by Gasteiger charge is -2.18. The molecule has 0 radical (unpaired) electrons. The molecule has 0 spiro atoms. The Morgan fingerprint density at radius 3 is 3.06 bits per heavy atom. The summed E-state index contributed by atoms with van der Waals surface area (Å²) in [5.74, 6) is 0. The molecule has 2 fully saturated rings. The third kappa shape index (κ3) is 2.12. The number of hydrogen-bond acceptors (Lipinski definition) is 5. The highest BCUT2D eigenvalue weighted by Crippen LogP contribution is 2.37. The number of nitrogens with zero attached hydrogens (tertiary/aromatic N) is 2. The van der Waals surface area contributed by atoms with E-state index in [9.17, 15) is 0 Å². The summed E-state index contributed by atoms with van der Waals surface area (Å²) in [7, 11) is 0. The van der Waals surface area contributed by atoms with Crippen LogP contribution in [0.3, 0.4) is 0 Å². The van der Waals surface area contributed by atoms with E-state index in [0.717, 1.165) is 42.1 Å². The van der Waals surface area contributed by atoms with Gasteiger partial charge in [-0.2, -0.15) is 0 Å². The van der Waals surface area contributed by atoms with E-state index in [1.165, 1.54) is 12.8 Å². The third-order valence-corrected chi connectivity index (χ3v) is 4.43. The van der Waals surface area contributed by atoms with Gasteiger partial charge in [-0.25, -0.2) is 0 Å². The van der Waals surface area contributed by atoms with Crippen LogP contribution >= 0.6 is 11.3 Å². The molecule has 4 nitrogen and oxygen atoms in total. The Bertz CT molecular complexity index is 369. The van der Waals surface area contributed by atoms with Crippen LogP contribution in [0.25, 0.3) is 0 Å². The molecule has 1 atom stereocenters. The molecule has 0 amide bonds. The first-order chi connectivity index (χ1) is 7.76. The molecule has 2 heterocycles. The molecule has 3 rings (SSSR count). The molecule has 16 heavy (non-hydrogen) atoms. The first-order valence-electron chi connectivity index (χ1n) is 5.96. The smallest absolute Gasteiger partial charge is 0.149 e. The van der Waals surface area contributed by atoms with Crippen molar-refractivity contribution in [2.24, 2.45) is 0 Å². The Labute approximate surface area is 99.4 Å². The van der Waals surface area contributed by atoms with Crippen LogP contribution in [0.15, 0.2) is 0 Å². The summed E-state index contributed by atoms with van der Waals surface area (Å²) in [4.78, 5) is 0. The van der Waals surface area contributed by atoms with Gasteiger partial charge < -0.3 is 10.1 Å². The van der Waals surface area contributed by atoms with Gasteiger partial charge in [-0.1, -0.05) is 11.3 Å². The molecule has 1 aromatic rings. The van der Waals surface area contributed by atoms with Crippen molar-refractivity contribution in [1.82, 2.24) is 15.5 Å². The third-order valence-electron chi connectivity index (χ3n) is 3.26. The van der Waals surface area contributed by atoms with Gasteiger partial charge in [0, 0.05) is 19.2 Å². The zero-order chi connectivity index (χ0) is 11.0.